The van der Waals surface area contributed by atoms with Crippen LogP contribution in [-0.2, 0) is 11.3 Å². The summed E-state index contributed by atoms with van der Waals surface area (Å²) in [6.45, 7) is 4.54. The van der Waals surface area contributed by atoms with Crippen molar-refractivity contribution >= 4 is 5.69 Å². The van der Waals surface area contributed by atoms with E-state index >= 15 is 0 Å². The molecule has 0 heterocycles. The van der Waals surface area contributed by atoms with Gasteiger partial charge in [0.2, 0.25) is 0 Å². The smallest absolute Gasteiger partial charge is 0.0637 e. The van der Waals surface area contributed by atoms with E-state index in [9.17, 15) is 0 Å². The fourth-order valence-corrected chi connectivity index (χ4v) is 2.24. The van der Waals surface area contributed by atoms with Crippen molar-refractivity contribution < 1.29 is 4.74 Å². The van der Waals surface area contributed by atoms with Crippen LogP contribution in [0.5, 0.6) is 0 Å². The van der Waals surface area contributed by atoms with Gasteiger partial charge in [0.25, 0.3) is 0 Å². The third kappa shape index (κ3) is 2.99. The number of aryl methyl sites for hydroxylation is 1. The van der Waals surface area contributed by atoms with E-state index in [0.29, 0.717) is 12.6 Å². The molecule has 1 aromatic rings. The normalized spacial score (nSPS) is 15.0. The quantitative estimate of drug-likeness (QED) is 0.819. The van der Waals surface area contributed by atoms with Crippen LogP contribution in [0.3, 0.4) is 0 Å². The fourth-order valence-electron chi connectivity index (χ4n) is 2.24. The molecule has 0 amide bonds. The Morgan fingerprint density at radius 1 is 1.41 bits per heavy atom. The van der Waals surface area contributed by atoms with Crippen molar-refractivity contribution in [1.82, 2.24) is 0 Å². The third-order valence-electron chi connectivity index (χ3n) is 3.33. The number of methoxy groups -OCH3 is 1. The molecule has 1 fully saturated rings. The van der Waals surface area contributed by atoms with Crippen LogP contribution in [-0.4, -0.2) is 26.3 Å². The molecule has 0 atom stereocenters. The van der Waals surface area contributed by atoms with Gasteiger partial charge in [-0.2, -0.15) is 0 Å². The van der Waals surface area contributed by atoms with Crippen LogP contribution < -0.4 is 10.6 Å². The van der Waals surface area contributed by atoms with Gasteiger partial charge < -0.3 is 15.4 Å². The van der Waals surface area contributed by atoms with Gasteiger partial charge in [0.1, 0.15) is 0 Å². The molecular formula is C14H22N2O. The Balaban J connectivity index is 2.16. The molecule has 0 saturated heterocycles. The van der Waals surface area contributed by atoms with Crippen LogP contribution in [0.25, 0.3) is 0 Å². The van der Waals surface area contributed by atoms with Gasteiger partial charge in [0.05, 0.1) is 6.61 Å². The molecule has 0 bridgehead atoms. The Hall–Kier alpha value is -1.06. The molecular weight excluding hydrogens is 212 g/mol. The maximum Gasteiger partial charge on any atom is 0.0637 e. The monoisotopic (exact) mass is 234 g/mol. The highest BCUT2D eigenvalue weighted by Gasteiger charge is 2.29. The first-order valence-corrected chi connectivity index (χ1v) is 6.31. The molecule has 2 N–H and O–H groups in total. The second-order valence-electron chi connectivity index (χ2n) is 4.74. The standard InChI is InChI=1S/C14H22N2O/c1-11-9-12(10-15)3-6-14(11)16(7-8-17-2)13-4-5-13/h3,6,9,13H,4-5,7-8,10,15H2,1-2H3. The van der Waals surface area contributed by atoms with E-state index in [0.717, 1.165) is 13.2 Å². The lowest BCUT2D eigenvalue weighted by Crippen LogP contribution is -2.30. The van der Waals surface area contributed by atoms with Crippen LogP contribution >= 0.6 is 0 Å². The van der Waals surface area contributed by atoms with Crippen LogP contribution in [0.15, 0.2) is 18.2 Å². The van der Waals surface area contributed by atoms with E-state index < -0.39 is 0 Å². The van der Waals surface area contributed by atoms with Gasteiger partial charge in [-0.15, -0.1) is 0 Å². The van der Waals surface area contributed by atoms with Crippen molar-refractivity contribution in [2.45, 2.75) is 32.4 Å². The van der Waals surface area contributed by atoms with Crippen molar-refractivity contribution in [1.29, 1.82) is 0 Å². The van der Waals surface area contributed by atoms with Gasteiger partial charge in [-0.05, 0) is 37.0 Å². The Labute approximate surface area is 104 Å². The molecule has 3 nitrogen and oxygen atoms in total. The molecule has 0 aliphatic heterocycles. The van der Waals surface area contributed by atoms with Crippen molar-refractivity contribution in [2.75, 3.05) is 25.2 Å². The lowest BCUT2D eigenvalue weighted by Gasteiger charge is -2.26. The van der Waals surface area contributed by atoms with Gasteiger partial charge >= 0.3 is 0 Å². The molecule has 1 aromatic carbocycles. The van der Waals surface area contributed by atoms with E-state index in [1.54, 1.807) is 7.11 Å². The van der Waals surface area contributed by atoms with Crippen molar-refractivity contribution in [3.8, 4) is 0 Å². The number of nitrogens with zero attached hydrogens (tertiary/aromatic N) is 1. The summed E-state index contributed by atoms with van der Waals surface area (Å²) in [4.78, 5) is 2.47. The SMILES string of the molecule is COCCN(c1ccc(CN)cc1C)C1CC1. The van der Waals surface area contributed by atoms with Crippen LogP contribution in [0, 0.1) is 6.92 Å². The van der Waals surface area contributed by atoms with E-state index in [-0.39, 0.29) is 0 Å². The summed E-state index contributed by atoms with van der Waals surface area (Å²) in [5.41, 5.74) is 9.52. The predicted octanol–water partition coefficient (Wildman–Crippen LogP) is 2.07. The first-order chi connectivity index (χ1) is 8.26. The van der Waals surface area contributed by atoms with Crippen molar-refractivity contribution in [3.63, 3.8) is 0 Å². The highest BCUT2D eigenvalue weighted by molar-refractivity contribution is 5.56. The highest BCUT2D eigenvalue weighted by atomic mass is 16.5. The Bertz CT molecular complexity index is 374. The van der Waals surface area contributed by atoms with Crippen molar-refractivity contribution in [2.24, 2.45) is 5.73 Å². The van der Waals surface area contributed by atoms with Gasteiger partial charge in [0, 0.05) is 31.9 Å². The van der Waals surface area contributed by atoms with Crippen LogP contribution in [0.1, 0.15) is 24.0 Å². The molecule has 94 valence electrons. The molecule has 1 aliphatic carbocycles. The first kappa shape index (κ1) is 12.4. The maximum absolute atomic E-state index is 5.66. The van der Waals surface area contributed by atoms with Crippen molar-refractivity contribution in [3.05, 3.63) is 29.3 Å². The van der Waals surface area contributed by atoms with E-state index in [4.69, 9.17) is 10.5 Å². The molecule has 3 heteroatoms. The first-order valence-electron chi connectivity index (χ1n) is 6.31. The summed E-state index contributed by atoms with van der Waals surface area (Å²) in [6.07, 6.45) is 2.61. The molecule has 2 rings (SSSR count). The highest BCUT2D eigenvalue weighted by Crippen LogP contribution is 2.33. The van der Waals surface area contributed by atoms with Crippen LogP contribution in [0.4, 0.5) is 5.69 Å². The summed E-state index contributed by atoms with van der Waals surface area (Å²) in [7, 11) is 1.76. The number of benzene rings is 1. The van der Waals surface area contributed by atoms with E-state index in [1.807, 2.05) is 0 Å². The second kappa shape index (κ2) is 5.52. The molecule has 0 radical (unpaired) electrons. The lowest BCUT2D eigenvalue weighted by atomic mass is 10.1. The predicted molar refractivity (Wildman–Crippen MR) is 71.3 cm³/mol. The van der Waals surface area contributed by atoms with Gasteiger partial charge in [0.15, 0.2) is 0 Å². The number of nitrogens with two attached hydrogens (primary N) is 1. The van der Waals surface area contributed by atoms with Gasteiger partial charge in [-0.1, -0.05) is 12.1 Å². The summed E-state index contributed by atoms with van der Waals surface area (Å²) in [5, 5.41) is 0. The number of anilines is 1. The topological polar surface area (TPSA) is 38.5 Å². The average Bonchev–Trinajstić information content (AvgIpc) is 3.15. The molecule has 0 spiro atoms. The number of rotatable bonds is 6. The second-order valence-corrected chi connectivity index (χ2v) is 4.74. The zero-order valence-corrected chi connectivity index (χ0v) is 10.8. The molecule has 0 aromatic heterocycles. The zero-order valence-electron chi connectivity index (χ0n) is 10.8. The lowest BCUT2D eigenvalue weighted by molar-refractivity contribution is 0.205. The largest absolute Gasteiger partial charge is 0.383 e. The number of hydrogen-bond donors (Lipinski definition) is 1. The van der Waals surface area contributed by atoms with Crippen LogP contribution in [0.2, 0.25) is 0 Å². The summed E-state index contributed by atoms with van der Waals surface area (Å²) in [6, 6.07) is 7.24. The minimum atomic E-state index is 0.614. The van der Waals surface area contributed by atoms with Gasteiger partial charge in [-0.3, -0.25) is 0 Å². The number of ether oxygens (including phenoxy) is 1. The molecule has 0 unspecified atom stereocenters. The summed E-state index contributed by atoms with van der Waals surface area (Å²) in [5.74, 6) is 0. The Kier molecular flexibility index (Phi) is 4.02. The molecule has 1 aliphatic rings. The fraction of sp³-hybridized carbons (Fsp3) is 0.571. The Morgan fingerprint density at radius 2 is 2.18 bits per heavy atom. The average molecular weight is 234 g/mol. The van der Waals surface area contributed by atoms with E-state index in [2.05, 4.69) is 30.0 Å². The summed E-state index contributed by atoms with van der Waals surface area (Å²) < 4.78 is 5.19. The minimum absolute atomic E-state index is 0.614. The zero-order chi connectivity index (χ0) is 12.3. The van der Waals surface area contributed by atoms with E-state index in [1.165, 1.54) is 29.7 Å². The molecule has 1 saturated carbocycles. The minimum Gasteiger partial charge on any atom is -0.383 e. The number of hydrogen-bond acceptors (Lipinski definition) is 3. The maximum atomic E-state index is 5.66. The third-order valence-corrected chi connectivity index (χ3v) is 3.33. The molecule has 17 heavy (non-hydrogen) atoms. The summed E-state index contributed by atoms with van der Waals surface area (Å²) >= 11 is 0. The Morgan fingerprint density at radius 3 is 2.71 bits per heavy atom. The van der Waals surface area contributed by atoms with Gasteiger partial charge in [-0.25, -0.2) is 0 Å².